The molecule has 2 aromatic carbocycles. The lowest BCUT2D eigenvalue weighted by atomic mass is 9.63. The number of fused-ring (bicyclic) bond motifs is 1. The van der Waals surface area contributed by atoms with Crippen LogP contribution in [0.4, 0.5) is 40.7 Å². The third-order valence-electron chi connectivity index (χ3n) is 15.0. The SMILES string of the molecule is Cc1cc(S(=O)(=O)C2CC3(CCN(CC4CCN(c5ccc6c(c5F)n(C)c(=O)n6C5CCC(=O)NC5=O)CC4)CC3)C2)ccc1Nc1ncc(C(F)(F)F)c(N2CCCC(C)(O)CC2)n1. The standard InChI is InChI=1S/C46H57F4N9O6S/c1-28-23-30(5-6-33(28)52-42-51-26-32(46(48,49)50)40(54-42)58-17-4-13-44(2,63)14-22-58)66(64,65)31-24-45(25-31)15-20-56(21-16-45)27-29-11-18-57(19-12-29)34-7-8-35-39(38(34)47)55(3)43(62)59(35)36-9-10-37(60)53-41(36)61/h5-8,23,26,29,31,36,63H,4,9-22,24-25,27H2,1-3H3,(H,51,52,54)(H,53,60,61). The van der Waals surface area contributed by atoms with Crippen molar-refractivity contribution in [1.29, 1.82) is 0 Å². The molecule has 66 heavy (non-hydrogen) atoms. The van der Waals surface area contributed by atoms with Crippen LogP contribution in [0.3, 0.4) is 0 Å². The summed E-state index contributed by atoms with van der Waals surface area (Å²) in [7, 11) is -2.15. The number of rotatable bonds is 9. The van der Waals surface area contributed by atoms with Crippen LogP contribution in [-0.2, 0) is 32.7 Å². The molecule has 0 radical (unpaired) electrons. The first-order chi connectivity index (χ1) is 31.2. The number of halogens is 4. The average molecular weight is 940 g/mol. The summed E-state index contributed by atoms with van der Waals surface area (Å²) in [6, 6.07) is 7.19. The number of imidazole rings is 1. The number of amides is 2. The number of alkyl halides is 3. The molecule has 15 nitrogen and oxygen atoms in total. The van der Waals surface area contributed by atoms with Crippen molar-refractivity contribution in [2.45, 2.75) is 112 Å². The molecular weight excluding hydrogens is 883 g/mol. The molecule has 3 N–H and O–H groups in total. The topological polar surface area (TPSA) is 175 Å². The van der Waals surface area contributed by atoms with Crippen LogP contribution in [0.15, 0.2) is 46.2 Å². The normalized spacial score (nSPS) is 23.8. The number of likely N-dealkylation sites (tertiary alicyclic amines) is 1. The highest BCUT2D eigenvalue weighted by Gasteiger charge is 2.51. The van der Waals surface area contributed by atoms with Gasteiger partial charge in [0.1, 0.15) is 22.9 Å². The Labute approximate surface area is 380 Å². The van der Waals surface area contributed by atoms with E-state index in [1.54, 1.807) is 38.1 Å². The Morgan fingerprint density at radius 1 is 0.939 bits per heavy atom. The maximum absolute atomic E-state index is 16.2. The molecule has 5 fully saturated rings. The molecule has 0 bridgehead atoms. The molecule has 4 aliphatic heterocycles. The predicted molar refractivity (Wildman–Crippen MR) is 240 cm³/mol. The minimum atomic E-state index is -4.68. The number of nitrogens with one attached hydrogen (secondary N) is 2. The summed E-state index contributed by atoms with van der Waals surface area (Å²) in [5.74, 6) is -1.36. The van der Waals surface area contributed by atoms with Gasteiger partial charge in [0.05, 0.1) is 27.0 Å². The zero-order valence-corrected chi connectivity index (χ0v) is 38.3. The number of imide groups is 1. The highest BCUT2D eigenvalue weighted by atomic mass is 32.2. The fourth-order valence-electron chi connectivity index (χ4n) is 11.0. The maximum Gasteiger partial charge on any atom is 0.421 e. The van der Waals surface area contributed by atoms with E-state index in [1.165, 1.54) is 27.1 Å². The van der Waals surface area contributed by atoms with E-state index in [2.05, 4.69) is 25.5 Å². The second-order valence-corrected chi connectivity index (χ2v) is 21.8. The van der Waals surface area contributed by atoms with E-state index in [9.17, 15) is 41.1 Å². The van der Waals surface area contributed by atoms with E-state index in [-0.39, 0.29) is 47.0 Å². The Bertz CT molecular complexity index is 2720. The van der Waals surface area contributed by atoms with Crippen LogP contribution in [0.2, 0.25) is 0 Å². The van der Waals surface area contributed by atoms with Gasteiger partial charge < -0.3 is 25.1 Å². The van der Waals surface area contributed by atoms with Crippen molar-refractivity contribution in [2.24, 2.45) is 18.4 Å². The third kappa shape index (κ3) is 8.79. The number of sulfone groups is 1. The number of benzene rings is 2. The molecule has 1 aliphatic carbocycles. The van der Waals surface area contributed by atoms with Crippen molar-refractivity contribution >= 4 is 55.8 Å². The number of carbonyl (C=O) groups excluding carboxylic acids is 2. The summed E-state index contributed by atoms with van der Waals surface area (Å²) in [5, 5.41) is 15.3. The Kier molecular flexibility index (Phi) is 12.0. The van der Waals surface area contributed by atoms with Crippen molar-refractivity contribution in [3.63, 3.8) is 0 Å². The van der Waals surface area contributed by atoms with Crippen molar-refractivity contribution in [1.82, 2.24) is 29.3 Å². The monoisotopic (exact) mass is 939 g/mol. The number of aliphatic hydroxyl groups is 1. The van der Waals surface area contributed by atoms with Crippen LogP contribution in [0, 0.1) is 24.1 Å². The van der Waals surface area contributed by atoms with Gasteiger partial charge >= 0.3 is 11.9 Å². The van der Waals surface area contributed by atoms with Gasteiger partial charge in [-0.25, -0.2) is 22.6 Å². The van der Waals surface area contributed by atoms with Gasteiger partial charge in [-0.1, -0.05) is 0 Å². The van der Waals surface area contributed by atoms with Gasteiger partial charge in [-0.05, 0) is 138 Å². The van der Waals surface area contributed by atoms with Crippen molar-refractivity contribution in [2.75, 3.05) is 60.9 Å². The molecule has 4 aromatic rings. The van der Waals surface area contributed by atoms with E-state index in [0.717, 1.165) is 51.5 Å². The number of aromatic nitrogens is 4. The lowest BCUT2D eigenvalue weighted by Crippen LogP contribution is -2.52. The van der Waals surface area contributed by atoms with Gasteiger partial charge in [0.25, 0.3) is 0 Å². The second kappa shape index (κ2) is 17.2. The third-order valence-corrected chi connectivity index (χ3v) is 17.2. The van der Waals surface area contributed by atoms with Crippen LogP contribution >= 0.6 is 0 Å². The molecule has 356 valence electrons. The maximum atomic E-state index is 16.2. The zero-order chi connectivity index (χ0) is 46.9. The first-order valence-corrected chi connectivity index (χ1v) is 24.5. The van der Waals surface area contributed by atoms with E-state index in [1.807, 2.05) is 4.90 Å². The van der Waals surface area contributed by atoms with E-state index in [4.69, 9.17) is 0 Å². The summed E-state index contributed by atoms with van der Waals surface area (Å²) >= 11 is 0. The molecule has 20 heteroatoms. The predicted octanol–water partition coefficient (Wildman–Crippen LogP) is 5.99. The van der Waals surface area contributed by atoms with Gasteiger partial charge in [-0.2, -0.15) is 18.2 Å². The largest absolute Gasteiger partial charge is 0.421 e. The average Bonchev–Trinajstić information content (AvgIpc) is 3.37. The number of piperidine rings is 3. The van der Waals surface area contributed by atoms with Crippen molar-refractivity contribution < 1.29 is 40.7 Å². The molecule has 2 unspecified atom stereocenters. The van der Waals surface area contributed by atoms with Crippen LogP contribution < -0.4 is 26.1 Å². The molecule has 2 aromatic heterocycles. The molecule has 1 spiro atoms. The molecule has 6 heterocycles. The highest BCUT2D eigenvalue weighted by molar-refractivity contribution is 7.92. The summed E-state index contributed by atoms with van der Waals surface area (Å²) in [4.78, 5) is 52.0. The number of anilines is 4. The van der Waals surface area contributed by atoms with Crippen LogP contribution in [0.25, 0.3) is 11.0 Å². The van der Waals surface area contributed by atoms with Gasteiger partial charge in [-0.15, -0.1) is 0 Å². The van der Waals surface area contributed by atoms with Gasteiger partial charge in [0.15, 0.2) is 15.7 Å². The first kappa shape index (κ1) is 46.0. The van der Waals surface area contributed by atoms with Crippen LogP contribution in [0.1, 0.15) is 94.7 Å². The molecule has 1 saturated carbocycles. The molecule has 9 rings (SSSR count). The zero-order valence-electron chi connectivity index (χ0n) is 37.5. The fourth-order valence-corrected chi connectivity index (χ4v) is 13.1. The summed E-state index contributed by atoms with van der Waals surface area (Å²) in [6.45, 7) is 7.88. The van der Waals surface area contributed by atoms with E-state index >= 15 is 4.39 Å². The molecule has 2 amide bonds. The lowest BCUT2D eigenvalue weighted by molar-refractivity contribution is -0.138. The Hall–Kier alpha value is -5.08. The number of carbonyl (C=O) groups is 2. The highest BCUT2D eigenvalue weighted by Crippen LogP contribution is 2.53. The summed E-state index contributed by atoms with van der Waals surface area (Å²) < 4.78 is 88.7. The molecule has 2 atom stereocenters. The van der Waals surface area contributed by atoms with Gasteiger partial charge in [0, 0.05) is 58.1 Å². The fraction of sp³-hybridized carbons (Fsp3) is 0.587. The Morgan fingerprint density at radius 3 is 2.35 bits per heavy atom. The minimum Gasteiger partial charge on any atom is -0.390 e. The summed E-state index contributed by atoms with van der Waals surface area (Å²) in [6.07, 6.45) is 2.34. The number of hydrogen-bond donors (Lipinski definition) is 3. The van der Waals surface area contributed by atoms with Gasteiger partial charge in [-0.3, -0.25) is 24.0 Å². The second-order valence-electron chi connectivity index (χ2n) is 19.6. The van der Waals surface area contributed by atoms with Crippen molar-refractivity contribution in [3.05, 3.63) is 64.0 Å². The molecular formula is C46H57F4N9O6S. The molecule has 4 saturated heterocycles. The Morgan fingerprint density at radius 2 is 1.67 bits per heavy atom. The first-order valence-electron chi connectivity index (χ1n) is 23.0. The van der Waals surface area contributed by atoms with Crippen molar-refractivity contribution in [3.8, 4) is 0 Å². The van der Waals surface area contributed by atoms with Crippen LogP contribution in [-0.4, -0.2) is 106 Å². The molecule has 5 aliphatic rings. The Balaban J connectivity index is 0.772. The number of aryl methyl sites for hydroxylation is 2. The smallest absolute Gasteiger partial charge is 0.390 e. The quantitative estimate of drug-likeness (QED) is 0.132. The van der Waals surface area contributed by atoms with E-state index < -0.39 is 61.8 Å². The number of hydrogen-bond acceptors (Lipinski definition) is 12. The van der Waals surface area contributed by atoms with Gasteiger partial charge in [0.2, 0.25) is 17.8 Å². The minimum absolute atomic E-state index is 0.0254. The number of nitrogens with zero attached hydrogens (tertiary/aromatic N) is 7. The van der Waals surface area contributed by atoms with Crippen LogP contribution in [0.5, 0.6) is 0 Å². The lowest BCUT2D eigenvalue weighted by Gasteiger charge is -2.52. The van der Waals surface area contributed by atoms with E-state index in [0.29, 0.717) is 80.1 Å². The summed E-state index contributed by atoms with van der Waals surface area (Å²) in [5.41, 5.74) is -0.556.